The fourth-order valence-electron chi connectivity index (χ4n) is 3.36. The molecule has 0 amide bonds. The van der Waals surface area contributed by atoms with Crippen molar-refractivity contribution in [1.29, 1.82) is 0 Å². The molecule has 0 aromatic heterocycles. The van der Waals surface area contributed by atoms with Crippen molar-refractivity contribution < 1.29 is 10.2 Å². The van der Waals surface area contributed by atoms with Crippen LogP contribution in [0.3, 0.4) is 0 Å². The number of benzene rings is 2. The average Bonchev–Trinajstić information content (AvgIpc) is 2.50. The maximum atomic E-state index is 9.96. The van der Waals surface area contributed by atoms with Crippen molar-refractivity contribution in [1.82, 2.24) is 0 Å². The van der Waals surface area contributed by atoms with E-state index in [0.29, 0.717) is 17.4 Å². The Labute approximate surface area is 139 Å². The lowest BCUT2D eigenvalue weighted by molar-refractivity contribution is 0.466. The Kier molecular flexibility index (Phi) is 5.35. The largest absolute Gasteiger partial charge is 0.507 e. The molecule has 2 aromatic rings. The zero-order chi connectivity index (χ0) is 17.1. The van der Waals surface area contributed by atoms with E-state index in [-0.39, 0.29) is 0 Å². The molecule has 0 aliphatic heterocycles. The topological polar surface area (TPSA) is 40.5 Å². The van der Waals surface area contributed by atoms with E-state index in [1.54, 1.807) is 0 Å². The fourth-order valence-corrected chi connectivity index (χ4v) is 3.36. The van der Waals surface area contributed by atoms with Crippen LogP contribution in [0.1, 0.15) is 59.1 Å². The molecule has 0 radical (unpaired) electrons. The molecule has 0 aliphatic rings. The number of aromatic hydroxyl groups is 2. The lowest BCUT2D eigenvalue weighted by Crippen LogP contribution is -2.02. The molecule has 0 bridgehead atoms. The van der Waals surface area contributed by atoms with Crippen LogP contribution in [0, 0.1) is 27.7 Å². The highest BCUT2D eigenvalue weighted by Crippen LogP contribution is 2.32. The number of rotatable bonds is 5. The van der Waals surface area contributed by atoms with Gasteiger partial charge in [0.15, 0.2) is 0 Å². The maximum Gasteiger partial charge on any atom is 0.121 e. The summed E-state index contributed by atoms with van der Waals surface area (Å²) < 4.78 is 0. The minimum atomic E-state index is 0.408. The zero-order valence-electron chi connectivity index (χ0n) is 14.9. The molecule has 0 aliphatic carbocycles. The van der Waals surface area contributed by atoms with Gasteiger partial charge in [-0.15, -0.1) is 0 Å². The highest BCUT2D eigenvalue weighted by molar-refractivity contribution is 5.44. The van der Waals surface area contributed by atoms with Gasteiger partial charge in [-0.05, 0) is 86.3 Å². The second kappa shape index (κ2) is 7.08. The van der Waals surface area contributed by atoms with Gasteiger partial charge < -0.3 is 10.2 Å². The lowest BCUT2D eigenvalue weighted by atomic mass is 9.88. The molecule has 2 nitrogen and oxygen atoms in total. The van der Waals surface area contributed by atoms with Crippen LogP contribution in [0.25, 0.3) is 0 Å². The van der Waals surface area contributed by atoms with E-state index in [1.807, 2.05) is 27.7 Å². The van der Waals surface area contributed by atoms with Crippen LogP contribution >= 0.6 is 0 Å². The van der Waals surface area contributed by atoms with Gasteiger partial charge in [-0.2, -0.15) is 0 Å². The maximum absolute atomic E-state index is 9.96. The Bertz CT molecular complexity index is 655. The first-order valence-electron chi connectivity index (χ1n) is 8.42. The average molecular weight is 312 g/mol. The van der Waals surface area contributed by atoms with Gasteiger partial charge >= 0.3 is 0 Å². The van der Waals surface area contributed by atoms with Crippen LogP contribution in [-0.4, -0.2) is 10.2 Å². The van der Waals surface area contributed by atoms with Crippen molar-refractivity contribution in [2.45, 2.75) is 59.8 Å². The van der Waals surface area contributed by atoms with Crippen LogP contribution in [0.2, 0.25) is 0 Å². The predicted octanol–water partition coefficient (Wildman–Crippen LogP) is 5.46. The molecule has 0 saturated carbocycles. The number of hydrogen-bond donors (Lipinski definition) is 2. The Morgan fingerprint density at radius 2 is 1.22 bits per heavy atom. The van der Waals surface area contributed by atoms with E-state index in [1.165, 1.54) is 11.1 Å². The smallest absolute Gasteiger partial charge is 0.121 e. The Morgan fingerprint density at radius 3 is 1.65 bits per heavy atom. The van der Waals surface area contributed by atoms with Crippen LogP contribution in [-0.2, 0) is 6.42 Å². The van der Waals surface area contributed by atoms with Gasteiger partial charge in [0.1, 0.15) is 11.5 Å². The third kappa shape index (κ3) is 3.87. The van der Waals surface area contributed by atoms with Gasteiger partial charge in [0.25, 0.3) is 0 Å². The predicted molar refractivity (Wildman–Crippen MR) is 96.5 cm³/mol. The van der Waals surface area contributed by atoms with E-state index in [2.05, 4.69) is 31.2 Å². The third-order valence-electron chi connectivity index (χ3n) is 4.81. The molecular formula is C21H28O2. The first-order valence-corrected chi connectivity index (χ1v) is 8.42. The van der Waals surface area contributed by atoms with Crippen LogP contribution in [0.4, 0.5) is 0 Å². The van der Waals surface area contributed by atoms with Crippen LogP contribution in [0.5, 0.6) is 11.5 Å². The lowest BCUT2D eigenvalue weighted by Gasteiger charge is -2.18. The summed E-state index contributed by atoms with van der Waals surface area (Å²) in [6.07, 6.45) is 3.16. The Morgan fingerprint density at radius 1 is 0.783 bits per heavy atom. The summed E-state index contributed by atoms with van der Waals surface area (Å²) in [6, 6.07) is 8.40. The molecule has 0 saturated heterocycles. The number of phenolic OH excluding ortho intramolecular Hbond substituents is 2. The highest BCUT2D eigenvalue weighted by atomic mass is 16.3. The zero-order valence-corrected chi connectivity index (χ0v) is 14.9. The quantitative estimate of drug-likeness (QED) is 0.770. The fraction of sp³-hybridized carbons (Fsp3) is 0.429. The highest BCUT2D eigenvalue weighted by Gasteiger charge is 2.13. The summed E-state index contributed by atoms with van der Waals surface area (Å²) in [5, 5.41) is 19.9. The number of hydrogen-bond acceptors (Lipinski definition) is 2. The summed E-state index contributed by atoms with van der Waals surface area (Å²) in [4.78, 5) is 0. The second-order valence-corrected chi connectivity index (χ2v) is 6.73. The first kappa shape index (κ1) is 17.4. The van der Waals surface area contributed by atoms with Crippen molar-refractivity contribution in [2.75, 3.05) is 0 Å². The van der Waals surface area contributed by atoms with Gasteiger partial charge in [-0.25, -0.2) is 0 Å². The van der Waals surface area contributed by atoms with Crippen molar-refractivity contribution in [3.05, 3.63) is 57.6 Å². The molecule has 2 rings (SSSR count). The molecule has 2 aromatic carbocycles. The molecule has 1 unspecified atom stereocenters. The van der Waals surface area contributed by atoms with Crippen molar-refractivity contribution in [3.63, 3.8) is 0 Å². The van der Waals surface area contributed by atoms with Gasteiger partial charge in [-0.3, -0.25) is 0 Å². The van der Waals surface area contributed by atoms with Gasteiger partial charge in [0.2, 0.25) is 0 Å². The Balaban J connectivity index is 2.17. The standard InChI is InChI=1S/C21H28O2/c1-6-18(19-11-15(4)21(23)16(5)12-19)8-7-17-9-13(2)20(22)14(3)10-17/h9-12,18,22-23H,6-8H2,1-5H3. The van der Waals surface area contributed by atoms with E-state index >= 15 is 0 Å². The monoisotopic (exact) mass is 312 g/mol. The summed E-state index contributed by atoms with van der Waals surface area (Å²) >= 11 is 0. The second-order valence-electron chi connectivity index (χ2n) is 6.73. The summed E-state index contributed by atoms with van der Waals surface area (Å²) in [5.74, 6) is 1.31. The third-order valence-corrected chi connectivity index (χ3v) is 4.81. The molecule has 0 spiro atoms. The van der Waals surface area contributed by atoms with Crippen molar-refractivity contribution in [3.8, 4) is 11.5 Å². The number of phenols is 2. The molecular weight excluding hydrogens is 284 g/mol. The Hall–Kier alpha value is -1.96. The molecule has 2 heteroatoms. The molecule has 0 heterocycles. The number of aryl methyl sites for hydroxylation is 5. The minimum Gasteiger partial charge on any atom is -0.507 e. The molecule has 1 atom stereocenters. The summed E-state index contributed by atoms with van der Waals surface area (Å²) in [5.41, 5.74) is 6.40. The normalized spacial score (nSPS) is 12.4. The van der Waals surface area contributed by atoms with E-state index in [9.17, 15) is 10.2 Å². The summed E-state index contributed by atoms with van der Waals surface area (Å²) in [6.45, 7) is 10.1. The van der Waals surface area contributed by atoms with E-state index in [0.717, 1.165) is 41.5 Å². The van der Waals surface area contributed by atoms with E-state index in [4.69, 9.17) is 0 Å². The van der Waals surface area contributed by atoms with Gasteiger partial charge in [0.05, 0.1) is 0 Å². The molecule has 124 valence electrons. The van der Waals surface area contributed by atoms with Crippen LogP contribution in [0.15, 0.2) is 24.3 Å². The van der Waals surface area contributed by atoms with Crippen LogP contribution < -0.4 is 0 Å². The molecule has 0 fully saturated rings. The molecule has 2 N–H and O–H groups in total. The summed E-state index contributed by atoms with van der Waals surface area (Å²) in [7, 11) is 0. The van der Waals surface area contributed by atoms with Crippen molar-refractivity contribution in [2.24, 2.45) is 0 Å². The first-order chi connectivity index (χ1) is 10.8. The minimum absolute atomic E-state index is 0.408. The van der Waals surface area contributed by atoms with Crippen molar-refractivity contribution >= 4 is 0 Å². The molecule has 23 heavy (non-hydrogen) atoms. The SMILES string of the molecule is CCC(CCc1cc(C)c(O)c(C)c1)c1cc(C)c(O)c(C)c1. The van der Waals surface area contributed by atoms with Gasteiger partial charge in [-0.1, -0.05) is 31.2 Å². The van der Waals surface area contributed by atoms with E-state index < -0.39 is 0 Å². The van der Waals surface area contributed by atoms with Gasteiger partial charge in [0, 0.05) is 0 Å².